The number of nitrogens with one attached hydrogen (secondary N) is 1. The molecular weight excluding hydrogens is 392 g/mol. The van der Waals surface area contributed by atoms with Gasteiger partial charge in [-0.2, -0.15) is 0 Å². The van der Waals surface area contributed by atoms with Crippen molar-refractivity contribution in [2.75, 3.05) is 25.1 Å². The molecular formula is C24H24N4O3. The van der Waals surface area contributed by atoms with Crippen molar-refractivity contribution in [3.8, 4) is 5.75 Å². The molecule has 1 N–H and O–H groups in total. The van der Waals surface area contributed by atoms with Gasteiger partial charge in [0.25, 0.3) is 0 Å². The number of hydrogen-bond donors (Lipinski definition) is 1. The number of nitrogens with zero attached hydrogens (tertiary/aromatic N) is 3. The summed E-state index contributed by atoms with van der Waals surface area (Å²) in [6.45, 7) is 1.88. The highest BCUT2D eigenvalue weighted by atomic mass is 16.5. The van der Waals surface area contributed by atoms with Crippen LogP contribution in [0.4, 0.5) is 5.82 Å². The van der Waals surface area contributed by atoms with Crippen LogP contribution in [-0.4, -0.2) is 36.1 Å². The Balaban J connectivity index is 1.34. The molecule has 5 rings (SSSR count). The Morgan fingerprint density at radius 1 is 1.19 bits per heavy atom. The first-order chi connectivity index (χ1) is 15.2. The number of ether oxygens (including phenoxy) is 1. The van der Waals surface area contributed by atoms with Crippen LogP contribution in [0.25, 0.3) is 22.1 Å². The number of piperidine rings is 1. The Bertz CT molecular complexity index is 1240. The molecule has 0 unspecified atom stereocenters. The Labute approximate surface area is 180 Å². The Hall–Kier alpha value is -3.61. The molecule has 4 aromatic rings. The van der Waals surface area contributed by atoms with E-state index in [1.807, 2.05) is 48.5 Å². The van der Waals surface area contributed by atoms with Gasteiger partial charge in [-0.05, 0) is 31.0 Å². The molecule has 7 nitrogen and oxygen atoms in total. The highest BCUT2D eigenvalue weighted by Crippen LogP contribution is 2.33. The maximum Gasteiger partial charge on any atom is 0.225 e. The van der Waals surface area contributed by atoms with Crippen molar-refractivity contribution in [3.63, 3.8) is 0 Å². The quantitative estimate of drug-likeness (QED) is 0.531. The Morgan fingerprint density at radius 3 is 2.94 bits per heavy atom. The summed E-state index contributed by atoms with van der Waals surface area (Å²) in [5.41, 5.74) is 3.25. The lowest BCUT2D eigenvalue weighted by atomic mass is 9.97. The number of aromatic nitrogens is 2. The highest BCUT2D eigenvalue weighted by molar-refractivity contribution is 6.05. The molecule has 0 saturated carbocycles. The van der Waals surface area contributed by atoms with Crippen molar-refractivity contribution in [2.24, 2.45) is 5.92 Å². The van der Waals surface area contributed by atoms with Crippen molar-refractivity contribution in [1.82, 2.24) is 15.3 Å². The van der Waals surface area contributed by atoms with Gasteiger partial charge in [0, 0.05) is 30.6 Å². The third-order valence-electron chi connectivity index (χ3n) is 5.88. The van der Waals surface area contributed by atoms with Crippen LogP contribution in [0.1, 0.15) is 18.4 Å². The van der Waals surface area contributed by atoms with Gasteiger partial charge in [0.2, 0.25) is 5.91 Å². The van der Waals surface area contributed by atoms with Crippen LogP contribution in [-0.2, 0) is 11.3 Å². The van der Waals surface area contributed by atoms with Gasteiger partial charge < -0.3 is 19.4 Å². The van der Waals surface area contributed by atoms with E-state index in [4.69, 9.17) is 9.15 Å². The minimum atomic E-state index is -0.113. The van der Waals surface area contributed by atoms with Crippen LogP contribution < -0.4 is 15.0 Å². The predicted octanol–water partition coefficient (Wildman–Crippen LogP) is 3.92. The number of anilines is 1. The van der Waals surface area contributed by atoms with Crippen LogP contribution in [0.5, 0.6) is 5.75 Å². The zero-order valence-corrected chi connectivity index (χ0v) is 17.4. The van der Waals surface area contributed by atoms with Crippen molar-refractivity contribution < 1.29 is 13.9 Å². The molecule has 7 heteroatoms. The van der Waals surface area contributed by atoms with Gasteiger partial charge >= 0.3 is 0 Å². The molecule has 1 atom stereocenters. The smallest absolute Gasteiger partial charge is 0.225 e. The van der Waals surface area contributed by atoms with Gasteiger partial charge in [0.15, 0.2) is 11.4 Å². The van der Waals surface area contributed by atoms with E-state index in [0.29, 0.717) is 18.7 Å². The van der Waals surface area contributed by atoms with E-state index in [1.165, 1.54) is 0 Å². The van der Waals surface area contributed by atoms with Crippen LogP contribution in [0.3, 0.4) is 0 Å². The van der Waals surface area contributed by atoms with Gasteiger partial charge in [0.1, 0.15) is 23.2 Å². The number of furan rings is 1. The summed E-state index contributed by atoms with van der Waals surface area (Å²) in [5, 5.41) is 4.05. The highest BCUT2D eigenvalue weighted by Gasteiger charge is 2.28. The summed E-state index contributed by atoms with van der Waals surface area (Å²) in [7, 11) is 1.64. The zero-order valence-electron chi connectivity index (χ0n) is 17.4. The van der Waals surface area contributed by atoms with Crippen LogP contribution in [0.2, 0.25) is 0 Å². The number of hydrogen-bond acceptors (Lipinski definition) is 6. The summed E-state index contributed by atoms with van der Waals surface area (Å²) >= 11 is 0. The Morgan fingerprint density at radius 2 is 2.03 bits per heavy atom. The van der Waals surface area contributed by atoms with E-state index in [1.54, 1.807) is 13.4 Å². The number of amides is 1. The first-order valence-electron chi connectivity index (χ1n) is 10.5. The lowest BCUT2D eigenvalue weighted by molar-refractivity contribution is -0.125. The summed E-state index contributed by atoms with van der Waals surface area (Å²) in [5.74, 6) is 1.47. The minimum absolute atomic E-state index is 0.0468. The topological polar surface area (TPSA) is 80.5 Å². The van der Waals surface area contributed by atoms with E-state index in [0.717, 1.165) is 53.0 Å². The predicted molar refractivity (Wildman–Crippen MR) is 119 cm³/mol. The fourth-order valence-electron chi connectivity index (χ4n) is 4.30. The van der Waals surface area contributed by atoms with Crippen LogP contribution in [0, 0.1) is 5.92 Å². The molecule has 2 aromatic carbocycles. The second-order valence-corrected chi connectivity index (χ2v) is 7.79. The fraction of sp³-hybridized carbons (Fsp3) is 0.292. The second-order valence-electron chi connectivity index (χ2n) is 7.79. The first kappa shape index (κ1) is 19.4. The average molecular weight is 416 g/mol. The third-order valence-corrected chi connectivity index (χ3v) is 5.88. The molecule has 0 bridgehead atoms. The molecule has 1 fully saturated rings. The number of carbonyl (C=O) groups excluding carboxylic acids is 1. The molecule has 1 amide bonds. The zero-order chi connectivity index (χ0) is 21.2. The monoisotopic (exact) mass is 416 g/mol. The molecule has 2 aromatic heterocycles. The van der Waals surface area contributed by atoms with Crippen LogP contribution in [0.15, 0.2) is 59.3 Å². The maximum absolute atomic E-state index is 12.9. The van der Waals surface area contributed by atoms with Gasteiger partial charge in [-0.15, -0.1) is 0 Å². The first-order valence-corrected chi connectivity index (χ1v) is 10.5. The molecule has 0 radical (unpaired) electrons. The number of methoxy groups -OCH3 is 1. The molecule has 1 aliphatic rings. The normalized spacial score (nSPS) is 16.5. The summed E-state index contributed by atoms with van der Waals surface area (Å²) in [4.78, 5) is 24.0. The molecule has 3 heterocycles. The summed E-state index contributed by atoms with van der Waals surface area (Å²) in [6.07, 6.45) is 3.34. The molecule has 158 valence electrons. The molecule has 0 aliphatic carbocycles. The number of benzene rings is 2. The van der Waals surface area contributed by atoms with Crippen molar-refractivity contribution in [1.29, 1.82) is 0 Å². The van der Waals surface area contributed by atoms with Gasteiger partial charge in [-0.25, -0.2) is 9.97 Å². The molecule has 1 aliphatic heterocycles. The number of para-hydroxylation sites is 2. The largest absolute Gasteiger partial charge is 0.496 e. The van der Waals surface area contributed by atoms with Gasteiger partial charge in [0.05, 0.1) is 13.0 Å². The van der Waals surface area contributed by atoms with E-state index in [2.05, 4.69) is 20.2 Å². The lowest BCUT2D eigenvalue weighted by Crippen LogP contribution is -2.43. The summed E-state index contributed by atoms with van der Waals surface area (Å²) < 4.78 is 11.5. The average Bonchev–Trinajstić information content (AvgIpc) is 3.21. The molecule has 31 heavy (non-hydrogen) atoms. The van der Waals surface area contributed by atoms with Crippen molar-refractivity contribution in [2.45, 2.75) is 19.4 Å². The van der Waals surface area contributed by atoms with Crippen LogP contribution >= 0.6 is 0 Å². The van der Waals surface area contributed by atoms with Gasteiger partial charge in [-0.3, -0.25) is 4.79 Å². The minimum Gasteiger partial charge on any atom is -0.496 e. The number of fused-ring (bicyclic) bond motifs is 3. The SMILES string of the molecule is COc1ccccc1CNC(=O)[C@@H]1CCCN(c2ncnc3c2oc2ccccc23)C1. The van der Waals surface area contributed by atoms with E-state index < -0.39 is 0 Å². The summed E-state index contributed by atoms with van der Waals surface area (Å²) in [6, 6.07) is 15.6. The van der Waals surface area contributed by atoms with E-state index in [9.17, 15) is 4.79 Å². The third kappa shape index (κ3) is 3.67. The van der Waals surface area contributed by atoms with E-state index in [-0.39, 0.29) is 11.8 Å². The Kier molecular flexibility index (Phi) is 5.16. The lowest BCUT2D eigenvalue weighted by Gasteiger charge is -2.32. The number of rotatable bonds is 5. The second kappa shape index (κ2) is 8.26. The molecule has 1 saturated heterocycles. The fourth-order valence-corrected chi connectivity index (χ4v) is 4.30. The standard InChI is InChI=1S/C24H24N4O3/c1-30-19-10-4-2-7-16(19)13-25-24(29)17-8-6-12-28(14-17)23-22-21(26-15-27-23)18-9-3-5-11-20(18)31-22/h2-5,7,9-11,15,17H,6,8,12-14H2,1H3,(H,25,29)/t17-/m1/s1. The van der Waals surface area contributed by atoms with E-state index >= 15 is 0 Å². The van der Waals surface area contributed by atoms with Gasteiger partial charge in [-0.1, -0.05) is 30.3 Å². The maximum atomic E-state index is 12.9. The number of carbonyl (C=O) groups is 1. The van der Waals surface area contributed by atoms with Crippen molar-refractivity contribution in [3.05, 3.63) is 60.4 Å². The van der Waals surface area contributed by atoms with Crippen molar-refractivity contribution >= 4 is 33.8 Å². The molecule has 0 spiro atoms.